The molecular formula is C20H14BrF5N2. The Morgan fingerprint density at radius 3 is 2.71 bits per heavy atom. The van der Waals surface area contributed by atoms with Crippen LogP contribution in [0, 0.1) is 23.8 Å². The number of halogens is 6. The van der Waals surface area contributed by atoms with Crippen LogP contribution in [0.5, 0.6) is 0 Å². The molecule has 0 radical (unpaired) electrons. The first-order valence-corrected chi connectivity index (χ1v) is 9.35. The Morgan fingerprint density at radius 2 is 2.00 bits per heavy atom. The van der Waals surface area contributed by atoms with Gasteiger partial charge in [0.15, 0.2) is 0 Å². The van der Waals surface area contributed by atoms with Gasteiger partial charge in [-0.15, -0.1) is 0 Å². The van der Waals surface area contributed by atoms with Crippen molar-refractivity contribution in [1.82, 2.24) is 9.88 Å². The summed E-state index contributed by atoms with van der Waals surface area (Å²) < 4.78 is 69.5. The first kappa shape index (κ1) is 19.2. The molecule has 1 aromatic heterocycles. The van der Waals surface area contributed by atoms with E-state index in [1.54, 1.807) is 19.1 Å². The third-order valence-electron chi connectivity index (χ3n) is 5.10. The zero-order valence-corrected chi connectivity index (χ0v) is 16.2. The topological polar surface area (TPSA) is 19.0 Å². The molecule has 28 heavy (non-hydrogen) atoms. The van der Waals surface area contributed by atoms with Crippen molar-refractivity contribution in [3.05, 3.63) is 69.3 Å². The summed E-state index contributed by atoms with van der Waals surface area (Å²) in [5.74, 6) is -1.81. The SMILES string of the molecule is C[C@@H]1Cc2c([nH]c3c#cccc23)[C@@H](c2c(F)ccc(Br)c2F)N1CC(F)(F)F. The summed E-state index contributed by atoms with van der Waals surface area (Å²) in [6.07, 6.45) is -4.20. The molecule has 0 unspecified atom stereocenters. The van der Waals surface area contributed by atoms with Crippen LogP contribution in [-0.2, 0) is 6.42 Å². The van der Waals surface area contributed by atoms with Crippen LogP contribution in [0.15, 0.2) is 28.7 Å². The highest BCUT2D eigenvalue weighted by Gasteiger charge is 2.43. The van der Waals surface area contributed by atoms with Gasteiger partial charge in [0.1, 0.15) is 11.6 Å². The number of aromatic amines is 1. The van der Waals surface area contributed by atoms with Gasteiger partial charge in [-0.25, -0.2) is 8.78 Å². The molecular weight excluding hydrogens is 443 g/mol. The Kier molecular flexibility index (Phi) is 4.63. The molecule has 2 heterocycles. The van der Waals surface area contributed by atoms with Crippen molar-refractivity contribution in [3.8, 4) is 0 Å². The first-order valence-electron chi connectivity index (χ1n) is 8.56. The highest BCUT2D eigenvalue weighted by atomic mass is 79.9. The van der Waals surface area contributed by atoms with E-state index in [1.807, 2.05) is 0 Å². The maximum Gasteiger partial charge on any atom is 0.401 e. The van der Waals surface area contributed by atoms with E-state index in [9.17, 15) is 22.0 Å². The van der Waals surface area contributed by atoms with Gasteiger partial charge < -0.3 is 4.98 Å². The molecule has 8 heteroatoms. The number of fused-ring (bicyclic) bond motifs is 3. The van der Waals surface area contributed by atoms with Crippen LogP contribution < -0.4 is 0 Å². The Bertz CT molecular complexity index is 1040. The second kappa shape index (κ2) is 6.75. The normalized spacial score (nSPS) is 20.2. The summed E-state index contributed by atoms with van der Waals surface area (Å²) >= 11 is 3.01. The van der Waals surface area contributed by atoms with Gasteiger partial charge in [-0.05, 0) is 65.2 Å². The van der Waals surface area contributed by atoms with Crippen molar-refractivity contribution in [2.45, 2.75) is 31.6 Å². The van der Waals surface area contributed by atoms with Crippen molar-refractivity contribution >= 4 is 26.8 Å². The second-order valence-electron chi connectivity index (χ2n) is 6.91. The van der Waals surface area contributed by atoms with Gasteiger partial charge in [0, 0.05) is 22.7 Å². The molecule has 1 aliphatic heterocycles. The zero-order chi connectivity index (χ0) is 20.2. The van der Waals surface area contributed by atoms with Crippen LogP contribution in [0.2, 0.25) is 0 Å². The Morgan fingerprint density at radius 1 is 1.25 bits per heavy atom. The van der Waals surface area contributed by atoms with Crippen LogP contribution in [0.3, 0.4) is 0 Å². The molecule has 0 bridgehead atoms. The van der Waals surface area contributed by atoms with Crippen molar-refractivity contribution in [2.75, 3.05) is 6.54 Å². The highest BCUT2D eigenvalue weighted by molar-refractivity contribution is 9.10. The van der Waals surface area contributed by atoms with Gasteiger partial charge >= 0.3 is 6.18 Å². The summed E-state index contributed by atoms with van der Waals surface area (Å²) in [6.45, 7) is 0.349. The number of hydrogen-bond donors (Lipinski definition) is 1. The number of benzene rings is 1. The van der Waals surface area contributed by atoms with Crippen LogP contribution in [0.1, 0.15) is 29.8 Å². The van der Waals surface area contributed by atoms with Gasteiger partial charge in [-0.3, -0.25) is 4.90 Å². The monoisotopic (exact) mass is 456 g/mol. The maximum atomic E-state index is 14.9. The van der Waals surface area contributed by atoms with E-state index in [0.717, 1.165) is 21.9 Å². The Hall–Kier alpha value is -2.11. The highest BCUT2D eigenvalue weighted by Crippen LogP contribution is 2.44. The molecule has 3 aromatic rings. The quantitative estimate of drug-likeness (QED) is 0.386. The Balaban J connectivity index is 1.99. The van der Waals surface area contributed by atoms with E-state index in [2.05, 4.69) is 33.0 Å². The number of alkyl halides is 3. The van der Waals surface area contributed by atoms with Crippen LogP contribution in [0.25, 0.3) is 10.9 Å². The maximum absolute atomic E-state index is 14.9. The van der Waals surface area contributed by atoms with Crippen LogP contribution in [0.4, 0.5) is 22.0 Å². The van der Waals surface area contributed by atoms with Crippen molar-refractivity contribution in [1.29, 1.82) is 0 Å². The van der Waals surface area contributed by atoms with Crippen LogP contribution >= 0.6 is 15.9 Å². The molecule has 4 rings (SSSR count). The van der Waals surface area contributed by atoms with E-state index < -0.39 is 42.0 Å². The molecule has 1 aliphatic rings. The smallest absolute Gasteiger partial charge is 0.350 e. The number of rotatable bonds is 2. The molecule has 2 atom stereocenters. The third kappa shape index (κ3) is 3.16. The molecule has 0 saturated heterocycles. The fourth-order valence-electron chi connectivity index (χ4n) is 3.94. The van der Waals surface area contributed by atoms with Crippen LogP contribution in [-0.4, -0.2) is 28.6 Å². The van der Waals surface area contributed by atoms with Crippen molar-refractivity contribution in [2.24, 2.45) is 0 Å². The number of H-pyrrole nitrogens is 1. The number of nitrogens with one attached hydrogen (secondary N) is 1. The second-order valence-corrected chi connectivity index (χ2v) is 7.76. The minimum absolute atomic E-state index is 0.00774. The number of hydrogen-bond acceptors (Lipinski definition) is 1. The third-order valence-corrected chi connectivity index (χ3v) is 5.71. The van der Waals surface area contributed by atoms with Gasteiger partial charge in [0.05, 0.1) is 22.6 Å². The average molecular weight is 457 g/mol. The molecule has 1 N–H and O–H groups in total. The van der Waals surface area contributed by atoms with Gasteiger partial charge in [0.2, 0.25) is 0 Å². The molecule has 0 aliphatic carbocycles. The molecule has 2 aromatic carbocycles. The molecule has 0 amide bonds. The fourth-order valence-corrected chi connectivity index (χ4v) is 4.28. The predicted molar refractivity (Wildman–Crippen MR) is 97.8 cm³/mol. The molecule has 2 nitrogen and oxygen atoms in total. The lowest BCUT2D eigenvalue weighted by molar-refractivity contribution is -0.155. The van der Waals surface area contributed by atoms with Crippen molar-refractivity contribution < 1.29 is 22.0 Å². The minimum Gasteiger partial charge on any atom is -0.350 e. The molecule has 0 fully saturated rings. The molecule has 0 saturated carbocycles. The lowest BCUT2D eigenvalue weighted by atomic mass is 9.88. The zero-order valence-electron chi connectivity index (χ0n) is 14.6. The fraction of sp³-hybridized carbons (Fsp3) is 0.300. The summed E-state index contributed by atoms with van der Waals surface area (Å²) in [4.78, 5) is 4.12. The van der Waals surface area contributed by atoms with Gasteiger partial charge in [0.25, 0.3) is 0 Å². The standard InChI is InChI=1S/C20H14BrF5N2/c1-10-8-12-11-4-2-3-5-15(11)27-18(12)19(28(10)9-20(24,25)26)16-14(22)7-6-13(21)17(16)23/h2,4,6-7,10,19,27H,8-9H2,1H3/t10-,19-/m1/s1. The minimum atomic E-state index is -4.52. The van der Waals surface area contributed by atoms with Gasteiger partial charge in [-0.2, -0.15) is 13.2 Å². The summed E-state index contributed by atoms with van der Waals surface area (Å²) in [5.41, 5.74) is 1.23. The lowest BCUT2D eigenvalue weighted by Crippen LogP contribution is -2.47. The average Bonchev–Trinajstić information content (AvgIpc) is 2.98. The first-order chi connectivity index (χ1) is 13.2. The van der Waals surface area contributed by atoms with Crippen molar-refractivity contribution in [3.63, 3.8) is 0 Å². The summed E-state index contributed by atoms with van der Waals surface area (Å²) in [5, 5.41) is 0.771. The molecule has 0 spiro atoms. The summed E-state index contributed by atoms with van der Waals surface area (Å²) in [6, 6.07) is 9.51. The van der Waals surface area contributed by atoms with E-state index in [1.165, 1.54) is 6.07 Å². The lowest BCUT2D eigenvalue weighted by Gasteiger charge is -2.41. The summed E-state index contributed by atoms with van der Waals surface area (Å²) in [7, 11) is 0. The van der Waals surface area contributed by atoms with Gasteiger partial charge in [-0.1, -0.05) is 6.07 Å². The molecule has 146 valence electrons. The largest absolute Gasteiger partial charge is 0.401 e. The Labute approximate surface area is 166 Å². The number of nitrogens with zero attached hydrogens (tertiary/aromatic N) is 1. The van der Waals surface area contributed by atoms with E-state index in [-0.39, 0.29) is 4.47 Å². The predicted octanol–water partition coefficient (Wildman–Crippen LogP) is 5.71. The number of aromatic nitrogens is 1. The van der Waals surface area contributed by atoms with E-state index >= 15 is 0 Å². The van der Waals surface area contributed by atoms with E-state index in [0.29, 0.717) is 17.6 Å². The van der Waals surface area contributed by atoms with E-state index in [4.69, 9.17) is 0 Å².